The van der Waals surface area contributed by atoms with Crippen molar-refractivity contribution in [3.63, 3.8) is 0 Å². The van der Waals surface area contributed by atoms with E-state index in [0.717, 1.165) is 37.1 Å². The van der Waals surface area contributed by atoms with Crippen LogP contribution in [-0.2, 0) is 22.6 Å². The number of carbonyl (C=O) groups excluding carboxylic acids is 3. The highest BCUT2D eigenvalue weighted by molar-refractivity contribution is 14.1. The van der Waals surface area contributed by atoms with E-state index in [1.165, 1.54) is 10.9 Å². The zero-order valence-corrected chi connectivity index (χ0v) is 35.2. The van der Waals surface area contributed by atoms with Gasteiger partial charge in [-0.05, 0) is 74.1 Å². The number of rotatable bonds is 14. The Bertz CT molecular complexity index is 2310. The maximum Gasteiger partial charge on any atom is 0.261 e. The molecular weight excluding hydrogens is 871 g/mol. The molecule has 304 valence electrons. The number of fused-ring (bicyclic) bond motifs is 2. The summed E-state index contributed by atoms with van der Waals surface area (Å²) >= 11 is 8.58. The summed E-state index contributed by atoms with van der Waals surface area (Å²) in [6.45, 7) is 5.70. The normalized spacial score (nSPS) is 16.6. The number of hydrogen-bond donors (Lipinski definition) is 3. The number of piperazine rings is 1. The molecule has 3 amide bonds. The summed E-state index contributed by atoms with van der Waals surface area (Å²) in [4.78, 5) is 66.2. The zero-order valence-electron chi connectivity index (χ0n) is 32.3. The first-order chi connectivity index (χ1) is 28.0. The van der Waals surface area contributed by atoms with E-state index in [-0.39, 0.29) is 35.7 Å². The number of pyridine rings is 1. The number of amides is 3. The molecule has 58 heavy (non-hydrogen) atoms. The predicted molar refractivity (Wildman–Crippen MR) is 234 cm³/mol. The van der Waals surface area contributed by atoms with Crippen molar-refractivity contribution in [3.05, 3.63) is 112 Å². The molecule has 2 fully saturated rings. The second-order valence-electron chi connectivity index (χ2n) is 15.3. The van der Waals surface area contributed by atoms with Crippen LogP contribution in [0.25, 0.3) is 21.8 Å². The van der Waals surface area contributed by atoms with Crippen molar-refractivity contribution in [1.82, 2.24) is 32.8 Å². The van der Waals surface area contributed by atoms with Gasteiger partial charge in [-0.3, -0.25) is 28.7 Å². The van der Waals surface area contributed by atoms with Gasteiger partial charge in [-0.2, -0.15) is 0 Å². The van der Waals surface area contributed by atoms with Crippen molar-refractivity contribution < 1.29 is 19.5 Å². The van der Waals surface area contributed by atoms with E-state index in [0.29, 0.717) is 97.4 Å². The van der Waals surface area contributed by atoms with Gasteiger partial charge in [-0.15, -0.1) is 0 Å². The van der Waals surface area contributed by atoms with Gasteiger partial charge in [0.25, 0.3) is 11.5 Å². The molecule has 2 aromatic heterocycles. The minimum absolute atomic E-state index is 0.0150. The van der Waals surface area contributed by atoms with Gasteiger partial charge in [0, 0.05) is 110 Å². The average molecular weight is 919 g/mol. The number of nitrogens with zero attached hydrogens (tertiary/aromatic N) is 6. The lowest BCUT2D eigenvalue weighted by Crippen LogP contribution is -2.51. The fraction of sp³-hybridized carbons (Fsp3) is 0.395. The first-order valence-electron chi connectivity index (χ1n) is 19.8. The lowest BCUT2D eigenvalue weighted by atomic mass is 9.88. The molecule has 0 unspecified atom stereocenters. The fourth-order valence-electron chi connectivity index (χ4n) is 7.77. The average Bonchev–Trinajstić information content (AvgIpc) is 3.23. The summed E-state index contributed by atoms with van der Waals surface area (Å²) in [5, 5.41) is 19.3. The molecule has 0 radical (unpaired) electrons. The number of carbonyl (C=O) groups is 3. The van der Waals surface area contributed by atoms with Crippen molar-refractivity contribution in [3.8, 4) is 0 Å². The van der Waals surface area contributed by atoms with Crippen LogP contribution < -0.4 is 16.2 Å². The lowest BCUT2D eigenvalue weighted by molar-refractivity contribution is -0.140. The van der Waals surface area contributed by atoms with Gasteiger partial charge in [-0.1, -0.05) is 48.0 Å². The Hall–Kier alpha value is -4.48. The third-order valence-electron chi connectivity index (χ3n) is 11.2. The molecule has 4 heterocycles. The number of aliphatic hydroxyl groups is 1. The molecule has 1 atom stereocenters. The van der Waals surface area contributed by atoms with Crippen LogP contribution in [-0.4, -0.2) is 108 Å². The number of anilines is 1. The van der Waals surface area contributed by atoms with E-state index in [4.69, 9.17) is 11.6 Å². The molecule has 7 rings (SSSR count). The van der Waals surface area contributed by atoms with Gasteiger partial charge in [0.2, 0.25) is 11.8 Å². The van der Waals surface area contributed by atoms with Gasteiger partial charge < -0.3 is 25.5 Å². The van der Waals surface area contributed by atoms with Crippen LogP contribution in [0.15, 0.2) is 90.1 Å². The number of benzene rings is 3. The Labute approximate surface area is 356 Å². The van der Waals surface area contributed by atoms with E-state index < -0.39 is 5.60 Å². The molecule has 5 aromatic rings. The second kappa shape index (κ2) is 19.1. The molecule has 0 bridgehead atoms. The highest BCUT2D eigenvalue weighted by atomic mass is 127. The first kappa shape index (κ1) is 41.7. The molecule has 0 aliphatic carbocycles. The van der Waals surface area contributed by atoms with Crippen LogP contribution in [0.2, 0.25) is 5.02 Å². The highest BCUT2D eigenvalue weighted by Crippen LogP contribution is 2.28. The number of nitrogens with one attached hydrogen (secondary N) is 2. The number of piperidine rings is 1. The SMILES string of the molecule is O=C(CCN1CCN(I)CC1)Nc1ccc2c(=O)n(CC3(O)CCN(C(=O)[C@H](CCCNC(=O)c4ccc5c(Cl)ccnc5c4)Cc4ccccc4)CC3)cnc2c1. The van der Waals surface area contributed by atoms with Crippen LogP contribution in [0.1, 0.15) is 48.0 Å². The van der Waals surface area contributed by atoms with Crippen LogP contribution in [0.5, 0.6) is 0 Å². The minimum Gasteiger partial charge on any atom is -0.388 e. The van der Waals surface area contributed by atoms with E-state index in [1.807, 2.05) is 35.2 Å². The third-order valence-corrected chi connectivity index (χ3v) is 12.5. The van der Waals surface area contributed by atoms with Crippen molar-refractivity contribution in [1.29, 1.82) is 0 Å². The van der Waals surface area contributed by atoms with Gasteiger partial charge in [-0.25, -0.2) is 8.10 Å². The molecule has 3 aromatic carbocycles. The van der Waals surface area contributed by atoms with Crippen molar-refractivity contribution in [2.24, 2.45) is 5.92 Å². The third kappa shape index (κ3) is 10.6. The topological polar surface area (TPSA) is 153 Å². The summed E-state index contributed by atoms with van der Waals surface area (Å²) in [5.74, 6) is -0.599. The lowest BCUT2D eigenvalue weighted by Gasteiger charge is -2.39. The molecule has 3 N–H and O–H groups in total. The smallest absolute Gasteiger partial charge is 0.261 e. The van der Waals surface area contributed by atoms with E-state index in [2.05, 4.69) is 51.5 Å². The van der Waals surface area contributed by atoms with Crippen LogP contribution in [0, 0.1) is 5.92 Å². The molecule has 15 heteroatoms. The molecule has 2 aliphatic rings. The number of aromatic nitrogens is 3. The Morgan fingerprint density at radius 1 is 0.897 bits per heavy atom. The largest absolute Gasteiger partial charge is 0.388 e. The molecule has 2 saturated heterocycles. The number of likely N-dealkylation sites (tertiary alicyclic amines) is 1. The predicted octanol–water partition coefficient (Wildman–Crippen LogP) is 5.32. The molecular formula is C43H48ClIN8O5. The van der Waals surface area contributed by atoms with E-state index >= 15 is 0 Å². The number of hydrogen-bond acceptors (Lipinski definition) is 9. The van der Waals surface area contributed by atoms with Gasteiger partial charge in [0.05, 0.1) is 39.9 Å². The second-order valence-corrected chi connectivity index (χ2v) is 17.1. The van der Waals surface area contributed by atoms with Crippen molar-refractivity contribution >= 4 is 79.7 Å². The Morgan fingerprint density at radius 2 is 1.64 bits per heavy atom. The van der Waals surface area contributed by atoms with Crippen LogP contribution in [0.3, 0.4) is 0 Å². The van der Waals surface area contributed by atoms with Gasteiger partial charge in [0.15, 0.2) is 0 Å². The molecule has 2 aliphatic heterocycles. The first-order valence-corrected chi connectivity index (χ1v) is 21.2. The maximum atomic E-state index is 14.0. The minimum atomic E-state index is -1.20. The zero-order chi connectivity index (χ0) is 40.6. The van der Waals surface area contributed by atoms with Crippen molar-refractivity contribution in [2.45, 2.75) is 50.7 Å². The van der Waals surface area contributed by atoms with Crippen LogP contribution in [0.4, 0.5) is 5.69 Å². The summed E-state index contributed by atoms with van der Waals surface area (Å²) in [6, 6.07) is 21.9. The maximum absolute atomic E-state index is 14.0. The summed E-state index contributed by atoms with van der Waals surface area (Å²) < 4.78 is 3.68. The van der Waals surface area contributed by atoms with Crippen LogP contribution >= 0.6 is 34.5 Å². The Morgan fingerprint density at radius 3 is 2.41 bits per heavy atom. The molecule has 0 spiro atoms. The quantitative estimate of drug-likeness (QED) is 0.0765. The van der Waals surface area contributed by atoms with E-state index in [1.54, 1.807) is 48.7 Å². The highest BCUT2D eigenvalue weighted by Gasteiger charge is 2.36. The Kier molecular flexibility index (Phi) is 13.7. The molecule has 0 saturated carbocycles. The standard InChI is InChI=1S/C43H48ClIN8O5/c44-36-12-17-46-37-26-31(8-10-34(36)37)40(55)47-16-4-7-32(25-30-5-2-1-3-6-30)41(56)51-19-14-43(58,15-20-51)28-52-29-48-38-27-33(9-11-35(38)42(52)57)49-39(54)13-18-50-21-23-53(45)24-22-50/h1-3,5-6,8-12,17,26-27,29,32,58H,4,7,13-16,18-25,28H2,(H,47,55)(H,49,54)/t32-/m1/s1. The molecule has 13 nitrogen and oxygen atoms in total. The Balaban J connectivity index is 0.921. The van der Waals surface area contributed by atoms with E-state index in [9.17, 15) is 24.3 Å². The summed E-state index contributed by atoms with van der Waals surface area (Å²) in [7, 11) is 0. The number of halogens is 2. The monoisotopic (exact) mass is 918 g/mol. The summed E-state index contributed by atoms with van der Waals surface area (Å²) in [5.41, 5.74) is 1.76. The summed E-state index contributed by atoms with van der Waals surface area (Å²) in [6.07, 6.45) is 5.79. The van der Waals surface area contributed by atoms with Crippen molar-refractivity contribution in [2.75, 3.05) is 57.7 Å². The fourth-order valence-corrected chi connectivity index (χ4v) is 8.42. The van der Waals surface area contributed by atoms with Gasteiger partial charge >= 0.3 is 0 Å². The van der Waals surface area contributed by atoms with Gasteiger partial charge in [0.1, 0.15) is 0 Å².